The van der Waals surface area contributed by atoms with Crippen molar-refractivity contribution < 1.29 is 14.7 Å². The largest absolute Gasteiger partial charge is 0.481 e. The Morgan fingerprint density at radius 3 is 2.32 bits per heavy atom. The molecule has 6 heteroatoms. The van der Waals surface area contributed by atoms with E-state index in [2.05, 4.69) is 19.2 Å². The van der Waals surface area contributed by atoms with Crippen molar-refractivity contribution in [1.29, 1.82) is 0 Å². The van der Waals surface area contributed by atoms with Gasteiger partial charge in [0.05, 0.1) is 5.41 Å². The first-order chi connectivity index (χ1) is 8.70. The number of nitrogens with zero attached hydrogens (tertiary/aromatic N) is 1. The molecule has 19 heavy (non-hydrogen) atoms. The third kappa shape index (κ3) is 4.30. The summed E-state index contributed by atoms with van der Waals surface area (Å²) >= 11 is 1.71. The lowest BCUT2D eigenvalue weighted by Crippen LogP contribution is -2.50. The maximum atomic E-state index is 12.0. The molecule has 110 valence electrons. The van der Waals surface area contributed by atoms with Crippen LogP contribution in [0.15, 0.2) is 0 Å². The molecule has 0 aromatic heterocycles. The van der Waals surface area contributed by atoms with E-state index in [1.807, 2.05) is 6.26 Å². The number of hydrogen-bond acceptors (Lipinski definition) is 3. The molecule has 1 saturated heterocycles. The summed E-state index contributed by atoms with van der Waals surface area (Å²) in [5.41, 5.74) is -0.685. The molecule has 0 atom stereocenters. The third-order valence-corrected chi connectivity index (χ3v) is 5.14. The maximum Gasteiger partial charge on any atom is 0.317 e. The summed E-state index contributed by atoms with van der Waals surface area (Å²) in [5, 5.41) is 12.1. The van der Waals surface area contributed by atoms with Crippen LogP contribution in [0.2, 0.25) is 0 Å². The summed E-state index contributed by atoms with van der Waals surface area (Å²) < 4.78 is 0.0149. The predicted molar refractivity (Wildman–Crippen MR) is 77.5 cm³/mol. The third-order valence-electron chi connectivity index (χ3n) is 3.89. The van der Waals surface area contributed by atoms with Crippen LogP contribution in [0.25, 0.3) is 0 Å². The van der Waals surface area contributed by atoms with Crippen molar-refractivity contribution in [3.05, 3.63) is 0 Å². The Kier molecular flexibility index (Phi) is 5.12. The summed E-state index contributed by atoms with van der Waals surface area (Å²) in [6.45, 7) is 7.54. The second kappa shape index (κ2) is 6.03. The highest BCUT2D eigenvalue weighted by Gasteiger charge is 2.38. The van der Waals surface area contributed by atoms with E-state index in [4.69, 9.17) is 5.11 Å². The Morgan fingerprint density at radius 2 is 1.89 bits per heavy atom. The van der Waals surface area contributed by atoms with E-state index in [0.717, 1.165) is 0 Å². The van der Waals surface area contributed by atoms with Crippen LogP contribution in [-0.2, 0) is 4.79 Å². The summed E-state index contributed by atoms with van der Waals surface area (Å²) in [7, 11) is 0. The van der Waals surface area contributed by atoms with E-state index in [1.165, 1.54) is 0 Å². The van der Waals surface area contributed by atoms with E-state index in [9.17, 15) is 9.59 Å². The molecule has 1 rings (SSSR count). The highest BCUT2D eigenvalue weighted by molar-refractivity contribution is 7.99. The summed E-state index contributed by atoms with van der Waals surface area (Å²) in [6.07, 6.45) is 3.05. The van der Waals surface area contributed by atoms with Gasteiger partial charge in [-0.05, 0) is 39.9 Å². The van der Waals surface area contributed by atoms with E-state index >= 15 is 0 Å². The molecule has 0 saturated carbocycles. The minimum Gasteiger partial charge on any atom is -0.481 e. The predicted octanol–water partition coefficient (Wildman–Crippen LogP) is 2.02. The van der Waals surface area contributed by atoms with Crippen LogP contribution >= 0.6 is 11.8 Å². The summed E-state index contributed by atoms with van der Waals surface area (Å²) in [6, 6.07) is -0.0884. The zero-order chi connectivity index (χ0) is 14.7. The van der Waals surface area contributed by atoms with Gasteiger partial charge in [0.2, 0.25) is 0 Å². The molecular formula is C13H24N2O3S. The lowest BCUT2D eigenvalue weighted by molar-refractivity contribution is -0.150. The SMILES string of the molecule is CSC(C)(C)CNC(=O)N1CCC(C)(C(=O)O)CC1. The molecule has 0 aliphatic carbocycles. The van der Waals surface area contributed by atoms with Crippen LogP contribution in [0.4, 0.5) is 4.79 Å². The fourth-order valence-corrected chi connectivity index (χ4v) is 2.11. The number of carboxylic acids is 1. The van der Waals surface area contributed by atoms with Crippen molar-refractivity contribution in [2.45, 2.75) is 38.4 Å². The molecule has 0 unspecified atom stereocenters. The van der Waals surface area contributed by atoms with Gasteiger partial charge in [0.15, 0.2) is 0 Å². The highest BCUT2D eigenvalue weighted by atomic mass is 32.2. The molecule has 2 amide bonds. The number of likely N-dealkylation sites (tertiary alicyclic amines) is 1. The second-order valence-corrected chi connectivity index (χ2v) is 7.49. The van der Waals surface area contributed by atoms with Crippen LogP contribution in [-0.4, -0.2) is 52.6 Å². The number of piperidine rings is 1. The fraction of sp³-hybridized carbons (Fsp3) is 0.846. The van der Waals surface area contributed by atoms with Gasteiger partial charge in [-0.25, -0.2) is 4.79 Å². The van der Waals surface area contributed by atoms with Gasteiger partial charge in [-0.2, -0.15) is 11.8 Å². The number of carbonyl (C=O) groups excluding carboxylic acids is 1. The summed E-state index contributed by atoms with van der Waals surface area (Å²) in [5.74, 6) is -0.768. The Morgan fingerprint density at radius 1 is 1.37 bits per heavy atom. The number of hydrogen-bond donors (Lipinski definition) is 2. The average molecular weight is 288 g/mol. The smallest absolute Gasteiger partial charge is 0.317 e. The van der Waals surface area contributed by atoms with Gasteiger partial charge in [0, 0.05) is 24.4 Å². The number of carboxylic acid groups (broad SMARTS) is 1. The van der Waals surface area contributed by atoms with Crippen LogP contribution in [0, 0.1) is 5.41 Å². The van der Waals surface area contributed by atoms with Gasteiger partial charge in [0.25, 0.3) is 0 Å². The van der Waals surface area contributed by atoms with Gasteiger partial charge < -0.3 is 15.3 Å². The minimum absolute atomic E-state index is 0.0149. The van der Waals surface area contributed by atoms with Crippen molar-refractivity contribution in [2.75, 3.05) is 25.9 Å². The van der Waals surface area contributed by atoms with Gasteiger partial charge >= 0.3 is 12.0 Å². The Balaban J connectivity index is 2.43. The normalized spacial score (nSPS) is 19.1. The molecule has 1 aliphatic heterocycles. The van der Waals surface area contributed by atoms with Crippen molar-refractivity contribution in [3.8, 4) is 0 Å². The topological polar surface area (TPSA) is 69.6 Å². The number of nitrogens with one attached hydrogen (secondary N) is 1. The van der Waals surface area contributed by atoms with Gasteiger partial charge in [0.1, 0.15) is 0 Å². The number of rotatable bonds is 4. The minimum atomic E-state index is -0.768. The zero-order valence-corrected chi connectivity index (χ0v) is 13.0. The fourth-order valence-electron chi connectivity index (χ4n) is 1.89. The molecule has 1 fully saturated rings. The standard InChI is InChI=1S/C13H24N2O3S/c1-12(2,19-4)9-14-11(18)15-7-5-13(3,6-8-15)10(16)17/h5-9H2,1-4H3,(H,14,18)(H,16,17). The Bertz CT molecular complexity index is 350. The zero-order valence-electron chi connectivity index (χ0n) is 12.2. The van der Waals surface area contributed by atoms with Gasteiger partial charge in [-0.3, -0.25) is 4.79 Å². The van der Waals surface area contributed by atoms with E-state index in [1.54, 1.807) is 23.6 Å². The lowest BCUT2D eigenvalue weighted by Gasteiger charge is -2.36. The second-order valence-electron chi connectivity index (χ2n) is 5.98. The van der Waals surface area contributed by atoms with E-state index in [-0.39, 0.29) is 10.8 Å². The molecule has 1 heterocycles. The summed E-state index contributed by atoms with van der Waals surface area (Å²) in [4.78, 5) is 24.8. The van der Waals surface area contributed by atoms with Gasteiger partial charge in [-0.15, -0.1) is 0 Å². The molecule has 1 aliphatic rings. The van der Waals surface area contributed by atoms with Crippen LogP contribution < -0.4 is 5.32 Å². The van der Waals surface area contributed by atoms with E-state index < -0.39 is 11.4 Å². The molecule has 0 aromatic carbocycles. The van der Waals surface area contributed by atoms with Gasteiger partial charge in [-0.1, -0.05) is 0 Å². The Hall–Kier alpha value is -0.910. The molecule has 0 radical (unpaired) electrons. The molecule has 0 bridgehead atoms. The number of carbonyl (C=O) groups is 2. The highest BCUT2D eigenvalue weighted by Crippen LogP contribution is 2.31. The molecule has 0 aromatic rings. The number of amides is 2. The van der Waals surface area contributed by atoms with Crippen LogP contribution in [0.1, 0.15) is 33.6 Å². The van der Waals surface area contributed by atoms with Crippen LogP contribution in [0.3, 0.4) is 0 Å². The quantitative estimate of drug-likeness (QED) is 0.830. The lowest BCUT2D eigenvalue weighted by atomic mass is 9.80. The molecular weight excluding hydrogens is 264 g/mol. The van der Waals surface area contributed by atoms with Crippen molar-refractivity contribution in [1.82, 2.24) is 10.2 Å². The van der Waals surface area contributed by atoms with Crippen molar-refractivity contribution in [2.24, 2.45) is 5.41 Å². The number of aliphatic carboxylic acids is 1. The Labute approximate surface area is 119 Å². The molecule has 2 N–H and O–H groups in total. The van der Waals surface area contributed by atoms with Crippen molar-refractivity contribution >= 4 is 23.8 Å². The van der Waals surface area contributed by atoms with Crippen molar-refractivity contribution in [3.63, 3.8) is 0 Å². The van der Waals surface area contributed by atoms with Crippen LogP contribution in [0.5, 0.6) is 0 Å². The molecule has 5 nitrogen and oxygen atoms in total. The first-order valence-electron chi connectivity index (χ1n) is 6.51. The maximum absolute atomic E-state index is 12.0. The average Bonchev–Trinajstić information content (AvgIpc) is 2.37. The first kappa shape index (κ1) is 16.1. The number of urea groups is 1. The first-order valence-corrected chi connectivity index (χ1v) is 7.74. The monoisotopic (exact) mass is 288 g/mol. The molecule has 0 spiro atoms. The van der Waals surface area contributed by atoms with E-state index in [0.29, 0.717) is 32.5 Å². The number of thioether (sulfide) groups is 1.